The summed E-state index contributed by atoms with van der Waals surface area (Å²) in [6.07, 6.45) is 0.804. The minimum atomic E-state index is -3.49. The molecule has 2 heterocycles. The fourth-order valence-electron chi connectivity index (χ4n) is 2.54. The van der Waals surface area contributed by atoms with Gasteiger partial charge in [0.25, 0.3) is 0 Å². The van der Waals surface area contributed by atoms with Crippen molar-refractivity contribution in [2.24, 2.45) is 18.7 Å². The summed E-state index contributed by atoms with van der Waals surface area (Å²) in [7, 11) is -1.73. The van der Waals surface area contributed by atoms with Crippen LogP contribution in [0.15, 0.2) is 4.90 Å². The van der Waals surface area contributed by atoms with Crippen LogP contribution in [0.5, 0.6) is 0 Å². The molecule has 2 unspecified atom stereocenters. The van der Waals surface area contributed by atoms with Crippen molar-refractivity contribution in [3.63, 3.8) is 0 Å². The molecule has 1 saturated heterocycles. The van der Waals surface area contributed by atoms with Crippen LogP contribution >= 0.6 is 0 Å². The summed E-state index contributed by atoms with van der Waals surface area (Å²) in [6.45, 7) is 6.49. The van der Waals surface area contributed by atoms with Crippen molar-refractivity contribution < 1.29 is 8.42 Å². The zero-order valence-corrected chi connectivity index (χ0v) is 12.7. The molecule has 0 bridgehead atoms. The van der Waals surface area contributed by atoms with E-state index in [0.717, 1.165) is 6.42 Å². The fourth-order valence-corrected chi connectivity index (χ4v) is 4.43. The lowest BCUT2D eigenvalue weighted by Gasteiger charge is -2.34. The predicted octanol–water partition coefficient (Wildman–Crippen LogP) is 0.395. The van der Waals surface area contributed by atoms with Crippen LogP contribution in [-0.2, 0) is 17.1 Å². The van der Waals surface area contributed by atoms with E-state index >= 15 is 0 Å². The van der Waals surface area contributed by atoms with E-state index in [0.29, 0.717) is 35.3 Å². The molecular formula is C12H22N4O2S. The Morgan fingerprint density at radius 3 is 2.47 bits per heavy atom. The van der Waals surface area contributed by atoms with Gasteiger partial charge in [-0.05, 0) is 26.2 Å². The zero-order valence-electron chi connectivity index (χ0n) is 11.9. The van der Waals surface area contributed by atoms with Gasteiger partial charge in [-0.25, -0.2) is 8.42 Å². The Morgan fingerprint density at radius 2 is 2.00 bits per heavy atom. The van der Waals surface area contributed by atoms with E-state index in [1.807, 2.05) is 0 Å². The highest BCUT2D eigenvalue weighted by Gasteiger charge is 2.35. The molecule has 7 heteroatoms. The summed E-state index contributed by atoms with van der Waals surface area (Å²) in [5.74, 6) is 0.363. The van der Waals surface area contributed by atoms with Gasteiger partial charge in [-0.2, -0.15) is 9.40 Å². The molecule has 19 heavy (non-hydrogen) atoms. The van der Waals surface area contributed by atoms with Gasteiger partial charge in [0, 0.05) is 26.2 Å². The minimum absolute atomic E-state index is 0.0965. The summed E-state index contributed by atoms with van der Waals surface area (Å²) in [6, 6.07) is -0.0965. The first-order valence-corrected chi connectivity index (χ1v) is 7.95. The third kappa shape index (κ3) is 2.42. The lowest BCUT2D eigenvalue weighted by atomic mass is 9.96. The molecule has 6 nitrogen and oxygen atoms in total. The molecular weight excluding hydrogens is 264 g/mol. The van der Waals surface area contributed by atoms with Crippen molar-refractivity contribution in [1.82, 2.24) is 14.1 Å². The second-order valence-corrected chi connectivity index (χ2v) is 7.29. The molecule has 0 spiro atoms. The third-order valence-electron chi connectivity index (χ3n) is 4.02. The monoisotopic (exact) mass is 286 g/mol. The van der Waals surface area contributed by atoms with Crippen molar-refractivity contribution in [3.8, 4) is 0 Å². The Balaban J connectivity index is 2.38. The van der Waals surface area contributed by atoms with Gasteiger partial charge in [0.2, 0.25) is 10.0 Å². The summed E-state index contributed by atoms with van der Waals surface area (Å²) in [5, 5.41) is 4.19. The molecule has 0 amide bonds. The van der Waals surface area contributed by atoms with E-state index in [1.54, 1.807) is 25.6 Å². The molecule has 0 radical (unpaired) electrons. The number of nitrogens with zero attached hydrogens (tertiary/aromatic N) is 3. The molecule has 2 rings (SSSR count). The van der Waals surface area contributed by atoms with Gasteiger partial charge in [-0.3, -0.25) is 4.68 Å². The lowest BCUT2D eigenvalue weighted by Crippen LogP contribution is -2.49. The Labute approximate surface area is 114 Å². The molecule has 108 valence electrons. The lowest BCUT2D eigenvalue weighted by molar-refractivity contribution is 0.253. The van der Waals surface area contributed by atoms with E-state index in [1.165, 1.54) is 4.31 Å². The van der Waals surface area contributed by atoms with Gasteiger partial charge < -0.3 is 5.73 Å². The van der Waals surface area contributed by atoms with Crippen LogP contribution in [-0.4, -0.2) is 41.6 Å². The summed E-state index contributed by atoms with van der Waals surface area (Å²) in [5.41, 5.74) is 7.22. The number of aromatic nitrogens is 2. The Bertz CT molecular complexity index is 579. The highest BCUT2D eigenvalue weighted by atomic mass is 32.2. The maximum atomic E-state index is 12.7. The predicted molar refractivity (Wildman–Crippen MR) is 73.2 cm³/mol. The first kappa shape index (κ1) is 14.5. The van der Waals surface area contributed by atoms with E-state index in [-0.39, 0.29) is 6.04 Å². The highest BCUT2D eigenvalue weighted by molar-refractivity contribution is 7.89. The van der Waals surface area contributed by atoms with Gasteiger partial charge in [-0.1, -0.05) is 6.92 Å². The normalized spacial score (nSPS) is 25.7. The maximum Gasteiger partial charge on any atom is 0.246 e. The van der Waals surface area contributed by atoms with E-state index in [2.05, 4.69) is 12.0 Å². The zero-order chi connectivity index (χ0) is 14.4. The van der Waals surface area contributed by atoms with Crippen molar-refractivity contribution >= 4 is 10.0 Å². The number of hydrogen-bond acceptors (Lipinski definition) is 4. The van der Waals surface area contributed by atoms with Crippen LogP contribution in [0.25, 0.3) is 0 Å². The van der Waals surface area contributed by atoms with E-state index in [9.17, 15) is 8.42 Å². The average molecular weight is 286 g/mol. The molecule has 1 aliphatic rings. The number of aryl methyl sites for hydroxylation is 2. The number of rotatable bonds is 2. The SMILES string of the molecule is Cc1nn(C)c(C)c1S(=O)(=O)N1CCC(C)C(N)C1. The Kier molecular flexibility index (Phi) is 3.72. The molecule has 1 aromatic heterocycles. The first-order chi connectivity index (χ1) is 8.75. The van der Waals surface area contributed by atoms with Crippen molar-refractivity contribution in [2.45, 2.75) is 38.1 Å². The van der Waals surface area contributed by atoms with Crippen LogP contribution in [0, 0.1) is 19.8 Å². The largest absolute Gasteiger partial charge is 0.326 e. The second kappa shape index (κ2) is 4.88. The van der Waals surface area contributed by atoms with Crippen LogP contribution in [0.3, 0.4) is 0 Å². The van der Waals surface area contributed by atoms with Crippen molar-refractivity contribution in [2.75, 3.05) is 13.1 Å². The molecule has 1 aromatic rings. The van der Waals surface area contributed by atoms with Crippen LogP contribution in [0.1, 0.15) is 24.7 Å². The van der Waals surface area contributed by atoms with Crippen molar-refractivity contribution in [1.29, 1.82) is 0 Å². The average Bonchev–Trinajstić information content (AvgIpc) is 2.57. The Hall–Kier alpha value is -0.920. The van der Waals surface area contributed by atoms with Crippen LogP contribution in [0.4, 0.5) is 0 Å². The maximum absolute atomic E-state index is 12.7. The van der Waals surface area contributed by atoms with Gasteiger partial charge in [0.05, 0.1) is 11.4 Å². The number of hydrogen-bond donors (Lipinski definition) is 1. The van der Waals surface area contributed by atoms with Crippen molar-refractivity contribution in [3.05, 3.63) is 11.4 Å². The summed E-state index contributed by atoms with van der Waals surface area (Å²) < 4.78 is 28.5. The molecule has 1 fully saturated rings. The minimum Gasteiger partial charge on any atom is -0.326 e. The van der Waals surface area contributed by atoms with Gasteiger partial charge in [0.1, 0.15) is 4.90 Å². The van der Waals surface area contributed by atoms with E-state index < -0.39 is 10.0 Å². The quantitative estimate of drug-likeness (QED) is 0.853. The third-order valence-corrected chi connectivity index (χ3v) is 6.14. The highest BCUT2D eigenvalue weighted by Crippen LogP contribution is 2.26. The topological polar surface area (TPSA) is 81.2 Å². The smallest absolute Gasteiger partial charge is 0.246 e. The van der Waals surface area contributed by atoms with Gasteiger partial charge >= 0.3 is 0 Å². The summed E-state index contributed by atoms with van der Waals surface area (Å²) in [4.78, 5) is 0.330. The number of piperidine rings is 1. The van der Waals surface area contributed by atoms with Crippen LogP contribution in [0.2, 0.25) is 0 Å². The fraction of sp³-hybridized carbons (Fsp3) is 0.750. The van der Waals surface area contributed by atoms with Gasteiger partial charge in [0.15, 0.2) is 0 Å². The van der Waals surface area contributed by atoms with Gasteiger partial charge in [-0.15, -0.1) is 0 Å². The molecule has 1 aliphatic heterocycles. The molecule has 0 aliphatic carbocycles. The standard InChI is InChI=1S/C12H22N4O2S/c1-8-5-6-16(7-11(8)13)19(17,18)12-9(2)14-15(4)10(12)3/h8,11H,5-7,13H2,1-4H3. The number of sulfonamides is 1. The molecule has 2 atom stereocenters. The molecule has 2 N–H and O–H groups in total. The first-order valence-electron chi connectivity index (χ1n) is 6.51. The van der Waals surface area contributed by atoms with Crippen LogP contribution < -0.4 is 5.73 Å². The number of nitrogens with two attached hydrogens (primary N) is 1. The summed E-state index contributed by atoms with van der Waals surface area (Å²) >= 11 is 0. The Morgan fingerprint density at radius 1 is 1.37 bits per heavy atom. The molecule has 0 aromatic carbocycles. The van der Waals surface area contributed by atoms with E-state index in [4.69, 9.17) is 5.73 Å². The molecule has 0 saturated carbocycles. The second-order valence-electron chi connectivity index (χ2n) is 5.42.